The van der Waals surface area contributed by atoms with E-state index in [1.165, 1.54) is 7.11 Å². The maximum absolute atomic E-state index is 13.6. The SMILES string of the molecule is COc1c(F)cc(F)c(O)c1CCN1CCNCC1. The predicted molar refractivity (Wildman–Crippen MR) is 67.6 cm³/mol. The predicted octanol–water partition coefficient (Wildman–Crippen LogP) is 1.13. The maximum Gasteiger partial charge on any atom is 0.168 e. The van der Waals surface area contributed by atoms with Gasteiger partial charge in [-0.25, -0.2) is 8.78 Å². The molecule has 106 valence electrons. The Balaban J connectivity index is 2.13. The molecule has 1 fully saturated rings. The van der Waals surface area contributed by atoms with E-state index in [9.17, 15) is 13.9 Å². The van der Waals surface area contributed by atoms with Crippen LogP contribution in [0.5, 0.6) is 11.5 Å². The lowest BCUT2D eigenvalue weighted by molar-refractivity contribution is 0.241. The molecule has 0 saturated carbocycles. The van der Waals surface area contributed by atoms with Gasteiger partial charge in [0.2, 0.25) is 0 Å². The highest BCUT2D eigenvalue weighted by Crippen LogP contribution is 2.33. The van der Waals surface area contributed by atoms with Crippen molar-refractivity contribution in [3.05, 3.63) is 23.3 Å². The van der Waals surface area contributed by atoms with E-state index < -0.39 is 17.4 Å². The number of methoxy groups -OCH3 is 1. The number of rotatable bonds is 4. The lowest BCUT2D eigenvalue weighted by Crippen LogP contribution is -2.44. The van der Waals surface area contributed by atoms with Crippen molar-refractivity contribution in [1.29, 1.82) is 0 Å². The maximum atomic E-state index is 13.6. The fourth-order valence-electron chi connectivity index (χ4n) is 2.30. The number of phenols is 1. The Labute approximate surface area is 111 Å². The Kier molecular flexibility index (Phi) is 4.55. The van der Waals surface area contributed by atoms with E-state index in [0.29, 0.717) is 19.0 Å². The molecule has 6 heteroatoms. The van der Waals surface area contributed by atoms with Crippen LogP contribution in [-0.2, 0) is 6.42 Å². The molecule has 1 aliphatic rings. The van der Waals surface area contributed by atoms with E-state index in [1.807, 2.05) is 0 Å². The van der Waals surface area contributed by atoms with Crippen molar-refractivity contribution in [3.63, 3.8) is 0 Å². The minimum atomic E-state index is -0.950. The van der Waals surface area contributed by atoms with Crippen molar-refractivity contribution in [2.24, 2.45) is 0 Å². The Bertz CT molecular complexity index is 449. The van der Waals surface area contributed by atoms with Crippen LogP contribution < -0.4 is 10.1 Å². The normalized spacial score (nSPS) is 16.6. The molecule has 0 amide bonds. The second kappa shape index (κ2) is 6.16. The van der Waals surface area contributed by atoms with Gasteiger partial charge in [-0.1, -0.05) is 0 Å². The topological polar surface area (TPSA) is 44.7 Å². The van der Waals surface area contributed by atoms with Gasteiger partial charge in [-0.05, 0) is 6.42 Å². The number of nitrogens with zero attached hydrogens (tertiary/aromatic N) is 1. The molecule has 0 aromatic heterocycles. The summed E-state index contributed by atoms with van der Waals surface area (Å²) in [7, 11) is 1.31. The molecule has 0 radical (unpaired) electrons. The molecule has 0 aliphatic carbocycles. The van der Waals surface area contributed by atoms with Gasteiger partial charge < -0.3 is 20.1 Å². The van der Waals surface area contributed by atoms with E-state index in [1.54, 1.807) is 0 Å². The van der Waals surface area contributed by atoms with Crippen LogP contribution in [0, 0.1) is 11.6 Å². The second-order valence-electron chi connectivity index (χ2n) is 4.54. The van der Waals surface area contributed by atoms with Crippen LogP contribution in [0.15, 0.2) is 6.07 Å². The average Bonchev–Trinajstić information content (AvgIpc) is 2.42. The molecule has 1 aromatic rings. The summed E-state index contributed by atoms with van der Waals surface area (Å²) < 4.78 is 31.8. The van der Waals surface area contributed by atoms with Crippen molar-refractivity contribution in [3.8, 4) is 11.5 Å². The van der Waals surface area contributed by atoms with Crippen molar-refractivity contribution in [2.75, 3.05) is 39.8 Å². The van der Waals surface area contributed by atoms with Crippen molar-refractivity contribution in [1.82, 2.24) is 10.2 Å². The smallest absolute Gasteiger partial charge is 0.168 e. The first-order chi connectivity index (χ1) is 9.13. The zero-order valence-electron chi connectivity index (χ0n) is 10.9. The van der Waals surface area contributed by atoms with Gasteiger partial charge in [-0.3, -0.25) is 0 Å². The highest BCUT2D eigenvalue weighted by Gasteiger charge is 2.20. The van der Waals surface area contributed by atoms with Crippen LogP contribution in [0.3, 0.4) is 0 Å². The first-order valence-corrected chi connectivity index (χ1v) is 6.30. The summed E-state index contributed by atoms with van der Waals surface area (Å²) in [6, 6.07) is 0.641. The first-order valence-electron chi connectivity index (χ1n) is 6.30. The van der Waals surface area contributed by atoms with Crippen LogP contribution in [0.25, 0.3) is 0 Å². The molecule has 2 N–H and O–H groups in total. The number of hydrogen-bond acceptors (Lipinski definition) is 4. The Morgan fingerprint density at radius 1 is 1.32 bits per heavy atom. The summed E-state index contributed by atoms with van der Waals surface area (Å²) in [5.41, 5.74) is 0.193. The Morgan fingerprint density at radius 2 is 2.00 bits per heavy atom. The van der Waals surface area contributed by atoms with Gasteiger partial charge in [0, 0.05) is 44.4 Å². The summed E-state index contributed by atoms with van der Waals surface area (Å²) in [5.74, 6) is -2.33. The molecule has 0 bridgehead atoms. The van der Waals surface area contributed by atoms with Crippen LogP contribution in [0.2, 0.25) is 0 Å². The highest BCUT2D eigenvalue weighted by atomic mass is 19.1. The number of aromatic hydroxyl groups is 1. The van der Waals surface area contributed by atoms with E-state index in [0.717, 1.165) is 26.2 Å². The van der Waals surface area contributed by atoms with Gasteiger partial charge >= 0.3 is 0 Å². The number of piperazine rings is 1. The second-order valence-corrected chi connectivity index (χ2v) is 4.54. The average molecular weight is 272 g/mol. The molecule has 0 atom stereocenters. The number of benzene rings is 1. The fraction of sp³-hybridized carbons (Fsp3) is 0.538. The third kappa shape index (κ3) is 3.13. The molecule has 0 unspecified atom stereocenters. The third-order valence-electron chi connectivity index (χ3n) is 3.35. The van der Waals surface area contributed by atoms with Gasteiger partial charge in [-0.15, -0.1) is 0 Å². The molecule has 0 spiro atoms. The quantitative estimate of drug-likeness (QED) is 0.862. The number of phenolic OH excluding ortho intramolecular Hbond substituents is 1. The van der Waals surface area contributed by atoms with E-state index >= 15 is 0 Å². The lowest BCUT2D eigenvalue weighted by Gasteiger charge is -2.27. The monoisotopic (exact) mass is 272 g/mol. The zero-order chi connectivity index (χ0) is 13.8. The van der Waals surface area contributed by atoms with E-state index in [4.69, 9.17) is 4.74 Å². The van der Waals surface area contributed by atoms with E-state index in [-0.39, 0.29) is 11.3 Å². The molecule has 1 aromatic carbocycles. The van der Waals surface area contributed by atoms with E-state index in [2.05, 4.69) is 10.2 Å². The molecule has 19 heavy (non-hydrogen) atoms. The number of hydrogen-bond donors (Lipinski definition) is 2. The van der Waals surface area contributed by atoms with Crippen LogP contribution in [0.1, 0.15) is 5.56 Å². The summed E-state index contributed by atoms with van der Waals surface area (Å²) in [5, 5.41) is 12.9. The summed E-state index contributed by atoms with van der Waals surface area (Å²) in [4.78, 5) is 2.18. The van der Waals surface area contributed by atoms with Crippen LogP contribution in [0.4, 0.5) is 8.78 Å². The molecule has 2 rings (SSSR count). The Hall–Kier alpha value is -1.40. The number of ether oxygens (including phenoxy) is 1. The van der Waals surface area contributed by atoms with Crippen LogP contribution >= 0.6 is 0 Å². The van der Waals surface area contributed by atoms with Crippen molar-refractivity contribution in [2.45, 2.75) is 6.42 Å². The number of nitrogens with one attached hydrogen (secondary N) is 1. The molecular weight excluding hydrogens is 254 g/mol. The number of halogens is 2. The van der Waals surface area contributed by atoms with Gasteiger partial charge in [-0.2, -0.15) is 0 Å². The van der Waals surface area contributed by atoms with Gasteiger partial charge in [0.25, 0.3) is 0 Å². The summed E-state index contributed by atoms with van der Waals surface area (Å²) >= 11 is 0. The lowest BCUT2D eigenvalue weighted by atomic mass is 10.1. The fourth-order valence-corrected chi connectivity index (χ4v) is 2.30. The minimum absolute atomic E-state index is 0.0750. The van der Waals surface area contributed by atoms with Crippen LogP contribution in [-0.4, -0.2) is 49.8 Å². The zero-order valence-corrected chi connectivity index (χ0v) is 10.9. The molecule has 1 aliphatic heterocycles. The van der Waals surface area contributed by atoms with Gasteiger partial charge in [0.15, 0.2) is 23.1 Å². The molecule has 4 nitrogen and oxygen atoms in total. The van der Waals surface area contributed by atoms with Gasteiger partial charge in [0.1, 0.15) is 0 Å². The first kappa shape index (κ1) is 14.0. The summed E-state index contributed by atoms with van der Waals surface area (Å²) in [6.07, 6.45) is 0.351. The molecular formula is C13H18F2N2O2. The molecule has 1 saturated heterocycles. The standard InChI is InChI=1S/C13H18F2N2O2/c1-19-13-9(12(18)10(14)8-11(13)15)2-5-17-6-3-16-4-7-17/h8,16,18H,2-7H2,1H3. The third-order valence-corrected chi connectivity index (χ3v) is 3.35. The largest absolute Gasteiger partial charge is 0.505 e. The van der Waals surface area contributed by atoms with Crippen molar-refractivity contribution < 1.29 is 18.6 Å². The Morgan fingerprint density at radius 3 is 2.63 bits per heavy atom. The van der Waals surface area contributed by atoms with Crippen molar-refractivity contribution >= 4 is 0 Å². The van der Waals surface area contributed by atoms with Gasteiger partial charge in [0.05, 0.1) is 7.11 Å². The summed E-state index contributed by atoms with van der Waals surface area (Å²) in [6.45, 7) is 4.22. The highest BCUT2D eigenvalue weighted by molar-refractivity contribution is 5.46. The molecule has 1 heterocycles. The minimum Gasteiger partial charge on any atom is -0.505 e.